The van der Waals surface area contributed by atoms with E-state index in [9.17, 15) is 10.1 Å². The summed E-state index contributed by atoms with van der Waals surface area (Å²) in [7, 11) is 4.50. The molecule has 1 aromatic carbocycles. The van der Waals surface area contributed by atoms with Crippen molar-refractivity contribution in [2.75, 3.05) is 21.3 Å². The summed E-state index contributed by atoms with van der Waals surface area (Å²) in [6.45, 7) is 0. The van der Waals surface area contributed by atoms with E-state index in [1.54, 1.807) is 12.1 Å². The van der Waals surface area contributed by atoms with Gasteiger partial charge in [0, 0.05) is 12.1 Å². The Hall–Kier alpha value is -2.77. The average Bonchev–Trinajstić information content (AvgIpc) is 2.95. The summed E-state index contributed by atoms with van der Waals surface area (Å²) >= 11 is 0. The summed E-state index contributed by atoms with van der Waals surface area (Å²) < 4.78 is 17.2. The zero-order chi connectivity index (χ0) is 14.7. The predicted octanol–water partition coefficient (Wildman–Crippen LogP) is 1.81. The van der Waals surface area contributed by atoms with Crippen LogP contribution < -0.4 is 14.2 Å². The molecule has 0 bridgehead atoms. The molecule has 0 unspecified atom stereocenters. The minimum absolute atomic E-state index is 0.237. The van der Waals surface area contributed by atoms with Gasteiger partial charge in [0.2, 0.25) is 12.1 Å². The molecule has 2 aromatic rings. The van der Waals surface area contributed by atoms with Crippen LogP contribution in [0.3, 0.4) is 0 Å². The molecular formula is C12H13N3O5. The maximum Gasteiger partial charge on any atom is 0.381 e. The lowest BCUT2D eigenvalue weighted by Crippen LogP contribution is -1.98. The van der Waals surface area contributed by atoms with Crippen LogP contribution in [0, 0.1) is 10.1 Å². The van der Waals surface area contributed by atoms with Crippen molar-refractivity contribution in [3.05, 3.63) is 34.8 Å². The monoisotopic (exact) mass is 279 g/mol. The van der Waals surface area contributed by atoms with E-state index in [2.05, 4.69) is 4.98 Å². The largest absolute Gasteiger partial charge is 0.493 e. The molecule has 0 aliphatic carbocycles. The van der Waals surface area contributed by atoms with Gasteiger partial charge in [0.25, 0.3) is 0 Å². The second-order valence-corrected chi connectivity index (χ2v) is 3.78. The van der Waals surface area contributed by atoms with Gasteiger partial charge in [-0.2, -0.15) is 0 Å². The molecule has 0 radical (unpaired) electrons. The lowest BCUT2D eigenvalue weighted by Gasteiger charge is -2.13. The number of aromatic nitrogens is 2. The Kier molecular flexibility index (Phi) is 3.74. The Morgan fingerprint density at radius 2 is 1.75 bits per heavy atom. The maximum absolute atomic E-state index is 10.7. The van der Waals surface area contributed by atoms with Crippen molar-refractivity contribution in [2.45, 2.75) is 0 Å². The van der Waals surface area contributed by atoms with Crippen LogP contribution in [0.25, 0.3) is 5.69 Å². The summed E-state index contributed by atoms with van der Waals surface area (Å²) in [6, 6.07) is 3.35. The fourth-order valence-electron chi connectivity index (χ4n) is 1.76. The zero-order valence-electron chi connectivity index (χ0n) is 11.2. The highest BCUT2D eigenvalue weighted by atomic mass is 16.6. The molecule has 0 N–H and O–H groups in total. The van der Waals surface area contributed by atoms with Gasteiger partial charge in [-0.1, -0.05) is 0 Å². The van der Waals surface area contributed by atoms with E-state index in [-0.39, 0.29) is 5.82 Å². The van der Waals surface area contributed by atoms with Crippen molar-refractivity contribution in [3.8, 4) is 22.9 Å². The van der Waals surface area contributed by atoms with Gasteiger partial charge in [0.15, 0.2) is 11.5 Å². The standard InChI is InChI=1S/C12H13N3O5/c1-18-9-4-8(5-10(19-2)12(9)20-3)14-6-11(13-7-14)15(16)17/h4-7H,1-3H3. The van der Waals surface area contributed by atoms with Gasteiger partial charge in [0.05, 0.1) is 27.0 Å². The second kappa shape index (κ2) is 5.47. The Bertz CT molecular complexity index is 613. The Balaban J connectivity index is 2.53. The first-order chi connectivity index (χ1) is 9.60. The third-order valence-electron chi connectivity index (χ3n) is 2.70. The molecule has 106 valence electrons. The lowest BCUT2D eigenvalue weighted by atomic mass is 10.2. The summed E-state index contributed by atoms with van der Waals surface area (Å²) in [5.74, 6) is 1.13. The normalized spacial score (nSPS) is 10.2. The topological polar surface area (TPSA) is 88.7 Å². The minimum Gasteiger partial charge on any atom is -0.493 e. The number of nitro groups is 1. The van der Waals surface area contributed by atoms with Crippen LogP contribution in [-0.2, 0) is 0 Å². The van der Waals surface area contributed by atoms with E-state index in [1.807, 2.05) is 0 Å². The molecule has 2 rings (SSSR count). The number of nitrogens with zero attached hydrogens (tertiary/aromatic N) is 3. The van der Waals surface area contributed by atoms with Crippen LogP contribution in [0.4, 0.5) is 5.82 Å². The van der Waals surface area contributed by atoms with E-state index in [0.29, 0.717) is 22.9 Å². The van der Waals surface area contributed by atoms with Gasteiger partial charge < -0.3 is 24.3 Å². The van der Waals surface area contributed by atoms with Crippen LogP contribution in [-0.4, -0.2) is 35.8 Å². The van der Waals surface area contributed by atoms with Gasteiger partial charge in [-0.05, 0) is 9.91 Å². The van der Waals surface area contributed by atoms with E-state index in [1.165, 1.54) is 38.4 Å². The third-order valence-corrected chi connectivity index (χ3v) is 2.70. The number of hydrogen-bond acceptors (Lipinski definition) is 6. The Morgan fingerprint density at radius 1 is 1.15 bits per heavy atom. The molecule has 0 aliphatic rings. The van der Waals surface area contributed by atoms with Gasteiger partial charge in [-0.25, -0.2) is 0 Å². The first kappa shape index (κ1) is 13.7. The molecule has 0 aliphatic heterocycles. The number of methoxy groups -OCH3 is 3. The van der Waals surface area contributed by atoms with Crippen LogP contribution in [0.2, 0.25) is 0 Å². The predicted molar refractivity (Wildman–Crippen MR) is 69.9 cm³/mol. The number of benzene rings is 1. The second-order valence-electron chi connectivity index (χ2n) is 3.78. The maximum atomic E-state index is 10.7. The van der Waals surface area contributed by atoms with E-state index < -0.39 is 4.92 Å². The van der Waals surface area contributed by atoms with Crippen LogP contribution in [0.15, 0.2) is 24.7 Å². The highest BCUT2D eigenvalue weighted by Crippen LogP contribution is 2.39. The van der Waals surface area contributed by atoms with Crippen LogP contribution in [0.5, 0.6) is 17.2 Å². The smallest absolute Gasteiger partial charge is 0.381 e. The molecule has 1 heterocycles. The number of imidazole rings is 1. The number of ether oxygens (including phenoxy) is 3. The SMILES string of the molecule is COc1cc(-n2cnc([N+](=O)[O-])c2)cc(OC)c1OC. The quantitative estimate of drug-likeness (QED) is 0.612. The molecule has 0 atom stereocenters. The lowest BCUT2D eigenvalue weighted by molar-refractivity contribution is -0.389. The van der Waals surface area contributed by atoms with Crippen molar-refractivity contribution < 1.29 is 19.1 Å². The molecular weight excluding hydrogens is 266 g/mol. The van der Waals surface area contributed by atoms with E-state index in [0.717, 1.165) is 0 Å². The molecule has 0 saturated carbocycles. The third kappa shape index (κ3) is 2.35. The first-order valence-electron chi connectivity index (χ1n) is 5.59. The summed E-state index contributed by atoms with van der Waals surface area (Å²) in [5, 5.41) is 10.7. The summed E-state index contributed by atoms with van der Waals surface area (Å²) in [5.41, 5.74) is 0.611. The fourth-order valence-corrected chi connectivity index (χ4v) is 1.76. The van der Waals surface area contributed by atoms with Gasteiger partial charge in [0.1, 0.15) is 6.20 Å². The molecule has 0 spiro atoms. The van der Waals surface area contributed by atoms with Gasteiger partial charge in [-0.3, -0.25) is 4.57 Å². The zero-order valence-corrected chi connectivity index (χ0v) is 11.2. The molecule has 1 aromatic heterocycles. The minimum atomic E-state index is -0.561. The van der Waals surface area contributed by atoms with Crippen molar-refractivity contribution >= 4 is 5.82 Å². The van der Waals surface area contributed by atoms with Crippen LogP contribution in [0.1, 0.15) is 0 Å². The summed E-state index contributed by atoms with van der Waals surface area (Å²) in [6.07, 6.45) is 2.65. The number of rotatable bonds is 5. The summed E-state index contributed by atoms with van der Waals surface area (Å²) in [4.78, 5) is 13.8. The average molecular weight is 279 g/mol. The van der Waals surface area contributed by atoms with Crippen molar-refractivity contribution in [3.63, 3.8) is 0 Å². The van der Waals surface area contributed by atoms with Gasteiger partial charge in [-0.15, -0.1) is 0 Å². The van der Waals surface area contributed by atoms with E-state index in [4.69, 9.17) is 14.2 Å². The van der Waals surface area contributed by atoms with Crippen molar-refractivity contribution in [2.24, 2.45) is 0 Å². The fraction of sp³-hybridized carbons (Fsp3) is 0.250. The highest BCUT2D eigenvalue weighted by molar-refractivity contribution is 5.58. The molecule has 0 amide bonds. The Morgan fingerprint density at radius 3 is 2.15 bits per heavy atom. The van der Waals surface area contributed by atoms with Gasteiger partial charge >= 0.3 is 5.82 Å². The van der Waals surface area contributed by atoms with E-state index >= 15 is 0 Å². The first-order valence-corrected chi connectivity index (χ1v) is 5.59. The highest BCUT2D eigenvalue weighted by Gasteiger charge is 2.16. The molecule has 0 fully saturated rings. The molecule has 0 saturated heterocycles. The Labute approximate surface area is 114 Å². The molecule has 8 nitrogen and oxygen atoms in total. The molecule has 20 heavy (non-hydrogen) atoms. The van der Waals surface area contributed by atoms with Crippen molar-refractivity contribution in [1.29, 1.82) is 0 Å². The van der Waals surface area contributed by atoms with Crippen LogP contribution >= 0.6 is 0 Å². The van der Waals surface area contributed by atoms with Crippen molar-refractivity contribution in [1.82, 2.24) is 9.55 Å². The number of hydrogen-bond donors (Lipinski definition) is 0. The molecule has 8 heteroatoms.